The number of hydrogen-bond acceptors (Lipinski definition) is 7. The Hall–Kier alpha value is -1.97. The van der Waals surface area contributed by atoms with E-state index in [0.29, 0.717) is 5.57 Å². The normalized spacial score (nSPS) is 24.8. The van der Waals surface area contributed by atoms with Crippen molar-refractivity contribution in [2.24, 2.45) is 11.1 Å². The summed E-state index contributed by atoms with van der Waals surface area (Å²) in [6, 6.07) is 4.33. The van der Waals surface area contributed by atoms with Gasteiger partial charge in [0.15, 0.2) is 5.78 Å². The maximum atomic E-state index is 12.3. The minimum atomic E-state index is -4.44. The van der Waals surface area contributed by atoms with Crippen LogP contribution in [0.2, 0.25) is 0 Å². The predicted molar refractivity (Wildman–Crippen MR) is 101 cm³/mol. The maximum absolute atomic E-state index is 12.3. The molecule has 2 atom stereocenters. The van der Waals surface area contributed by atoms with Gasteiger partial charge in [-0.1, -0.05) is 25.1 Å². The third-order valence-corrected chi connectivity index (χ3v) is 6.22. The van der Waals surface area contributed by atoms with E-state index in [4.69, 9.17) is 23.2 Å². The molecule has 0 amide bonds. The van der Waals surface area contributed by atoms with E-state index in [1.54, 1.807) is 13.8 Å². The number of alkyl halides is 2. The minimum Gasteiger partial charge on any atom is -0.293 e. The summed E-state index contributed by atoms with van der Waals surface area (Å²) >= 11 is 12.4. The van der Waals surface area contributed by atoms with Crippen LogP contribution < -0.4 is 0 Å². The summed E-state index contributed by atoms with van der Waals surface area (Å²) in [5.74, 6) is -0.560. The number of rotatable bonds is 5. The molecule has 0 spiro atoms. The van der Waals surface area contributed by atoms with E-state index in [2.05, 4.69) is 9.44 Å². The maximum Gasteiger partial charge on any atom is 0.358 e. The van der Waals surface area contributed by atoms with Crippen molar-refractivity contribution < 1.29 is 22.4 Å². The van der Waals surface area contributed by atoms with Crippen molar-refractivity contribution in [2.45, 2.75) is 35.9 Å². The van der Waals surface area contributed by atoms with Crippen LogP contribution in [0.15, 0.2) is 46.0 Å². The van der Waals surface area contributed by atoms with Crippen molar-refractivity contribution in [1.29, 1.82) is 0 Å². The second kappa shape index (κ2) is 7.57. The number of carbonyl (C=O) groups is 1. The molecule has 2 unspecified atom stereocenters. The molecule has 0 fully saturated rings. The number of nitrogens with zero attached hydrogens (tertiary/aromatic N) is 2. The lowest BCUT2D eigenvalue weighted by atomic mass is 9.82. The van der Waals surface area contributed by atoms with Crippen LogP contribution in [0.3, 0.4) is 0 Å². The molecular formula is C16H16Cl2N2O6S. The van der Waals surface area contributed by atoms with E-state index in [0.717, 1.165) is 18.2 Å². The first-order valence-electron chi connectivity index (χ1n) is 7.73. The van der Waals surface area contributed by atoms with E-state index in [1.165, 1.54) is 19.1 Å². The Morgan fingerprint density at radius 1 is 1.37 bits per heavy atom. The Kier molecular flexibility index (Phi) is 5.98. The van der Waals surface area contributed by atoms with Gasteiger partial charge in [-0.25, -0.2) is 0 Å². The second-order valence-corrected chi connectivity index (χ2v) is 9.07. The van der Waals surface area contributed by atoms with Gasteiger partial charge < -0.3 is 0 Å². The van der Waals surface area contributed by atoms with Gasteiger partial charge in [-0.3, -0.25) is 19.2 Å². The largest absolute Gasteiger partial charge is 0.358 e. The zero-order chi connectivity index (χ0) is 20.6. The topological polar surface area (TPSA) is 116 Å². The number of allylic oxidation sites excluding steroid dienone is 2. The molecule has 2 rings (SSSR count). The lowest BCUT2D eigenvalue weighted by Gasteiger charge is -2.32. The number of Topliss-reactive ketones (excluding diaryl/α,β-unsaturated/α-hetero) is 1. The highest BCUT2D eigenvalue weighted by Gasteiger charge is 2.46. The summed E-state index contributed by atoms with van der Waals surface area (Å²) in [4.78, 5) is 20.4. The lowest BCUT2D eigenvalue weighted by molar-refractivity contribution is -0.385. The third kappa shape index (κ3) is 4.31. The quantitative estimate of drug-likeness (QED) is 0.398. The molecule has 27 heavy (non-hydrogen) atoms. The van der Waals surface area contributed by atoms with Gasteiger partial charge in [-0.05, 0) is 25.0 Å². The standard InChI is InChI=1S/C16H16Cl2N2O6S/c1-9(2)12-8-13(16(3,18)15(17)14(12)21)19-26-27(24,25)11-6-4-5-10(7-11)20(22)23/h4-9,15H,1-3H3/b19-13-. The number of hydrogen-bond donors (Lipinski definition) is 0. The Labute approximate surface area is 166 Å². The van der Waals surface area contributed by atoms with E-state index < -0.39 is 35.9 Å². The molecular weight excluding hydrogens is 419 g/mol. The second-order valence-electron chi connectivity index (χ2n) is 6.32. The molecule has 0 saturated heterocycles. The first kappa shape index (κ1) is 21.3. The molecule has 1 aromatic carbocycles. The van der Waals surface area contributed by atoms with Gasteiger partial charge in [0, 0.05) is 17.7 Å². The SMILES string of the molecule is CC(C)C1=C/C(=N/OS(=O)(=O)c2cccc([N+](=O)[O-])c2)C(C)(Cl)C(Cl)C1=O. The highest BCUT2D eigenvalue weighted by atomic mass is 35.5. The molecule has 0 N–H and O–H groups in total. The number of ketones is 1. The van der Waals surface area contributed by atoms with Crippen LogP contribution in [0.5, 0.6) is 0 Å². The van der Waals surface area contributed by atoms with E-state index in [1.807, 2.05) is 0 Å². The van der Waals surface area contributed by atoms with Crippen molar-refractivity contribution in [3.05, 3.63) is 46.0 Å². The van der Waals surface area contributed by atoms with Gasteiger partial charge >= 0.3 is 10.1 Å². The molecule has 1 aliphatic rings. The molecule has 0 bridgehead atoms. The van der Waals surface area contributed by atoms with Crippen molar-refractivity contribution >= 4 is 50.5 Å². The summed E-state index contributed by atoms with van der Waals surface area (Å²) in [7, 11) is -4.44. The Bertz CT molecular complexity index is 953. The van der Waals surface area contributed by atoms with E-state index in [9.17, 15) is 23.3 Å². The molecule has 146 valence electrons. The molecule has 0 heterocycles. The number of oxime groups is 1. The summed E-state index contributed by atoms with van der Waals surface area (Å²) in [6.07, 6.45) is 1.35. The van der Waals surface area contributed by atoms with Crippen LogP contribution in [-0.4, -0.2) is 35.1 Å². The van der Waals surface area contributed by atoms with Crippen LogP contribution in [0, 0.1) is 16.0 Å². The molecule has 1 aromatic rings. The predicted octanol–water partition coefficient (Wildman–Crippen LogP) is 3.43. The Morgan fingerprint density at radius 2 is 2.00 bits per heavy atom. The smallest absolute Gasteiger partial charge is 0.293 e. The van der Waals surface area contributed by atoms with Gasteiger partial charge in [0.1, 0.15) is 20.9 Å². The molecule has 0 saturated carbocycles. The summed E-state index contributed by atoms with van der Waals surface area (Å²) in [5, 5.41) is 13.2. The number of nitro groups is 1. The van der Waals surface area contributed by atoms with Gasteiger partial charge in [0.05, 0.1) is 4.92 Å². The summed E-state index contributed by atoms with van der Waals surface area (Å²) in [6.45, 7) is 4.95. The molecule has 8 nitrogen and oxygen atoms in total. The monoisotopic (exact) mass is 434 g/mol. The fourth-order valence-electron chi connectivity index (χ4n) is 2.33. The number of halogens is 2. The Balaban J connectivity index is 2.44. The van der Waals surface area contributed by atoms with Gasteiger partial charge in [-0.2, -0.15) is 8.42 Å². The van der Waals surface area contributed by atoms with E-state index >= 15 is 0 Å². The number of non-ortho nitro benzene ring substituents is 1. The first-order valence-corrected chi connectivity index (χ1v) is 9.95. The zero-order valence-corrected chi connectivity index (χ0v) is 16.9. The van der Waals surface area contributed by atoms with Crippen LogP contribution in [0.25, 0.3) is 0 Å². The zero-order valence-electron chi connectivity index (χ0n) is 14.5. The minimum absolute atomic E-state index is 0.0403. The van der Waals surface area contributed by atoms with Gasteiger partial charge in [0.2, 0.25) is 0 Å². The van der Waals surface area contributed by atoms with Crippen LogP contribution in [0.1, 0.15) is 20.8 Å². The molecule has 0 radical (unpaired) electrons. The highest BCUT2D eigenvalue weighted by Crippen LogP contribution is 2.35. The van der Waals surface area contributed by atoms with Gasteiger partial charge in [0.25, 0.3) is 5.69 Å². The van der Waals surface area contributed by atoms with Gasteiger partial charge in [-0.15, -0.1) is 23.2 Å². The molecule has 0 aromatic heterocycles. The van der Waals surface area contributed by atoms with Crippen LogP contribution in [-0.2, 0) is 19.2 Å². The Morgan fingerprint density at radius 3 is 2.56 bits per heavy atom. The average Bonchev–Trinajstić information content (AvgIpc) is 2.59. The van der Waals surface area contributed by atoms with Crippen LogP contribution in [0.4, 0.5) is 5.69 Å². The van der Waals surface area contributed by atoms with Crippen molar-refractivity contribution in [1.82, 2.24) is 0 Å². The van der Waals surface area contributed by atoms with E-state index in [-0.39, 0.29) is 17.4 Å². The van der Waals surface area contributed by atoms with Crippen LogP contribution >= 0.6 is 23.2 Å². The fourth-order valence-corrected chi connectivity index (χ4v) is 3.53. The fraction of sp³-hybridized carbons (Fsp3) is 0.375. The first-order chi connectivity index (χ1) is 12.4. The summed E-state index contributed by atoms with van der Waals surface area (Å²) < 4.78 is 29.3. The molecule has 11 heteroatoms. The molecule has 0 aliphatic heterocycles. The molecule has 1 aliphatic carbocycles. The average molecular weight is 435 g/mol. The number of benzene rings is 1. The third-order valence-electron chi connectivity index (χ3n) is 3.96. The lowest BCUT2D eigenvalue weighted by Crippen LogP contribution is -2.47. The highest BCUT2D eigenvalue weighted by molar-refractivity contribution is 7.86. The number of nitro benzene ring substituents is 1. The van der Waals surface area contributed by atoms with Crippen molar-refractivity contribution in [3.63, 3.8) is 0 Å². The number of carbonyl (C=O) groups excluding carboxylic acids is 1. The summed E-state index contributed by atoms with van der Waals surface area (Å²) in [5.41, 5.74) is -0.120. The van der Waals surface area contributed by atoms with Crippen molar-refractivity contribution in [3.8, 4) is 0 Å². The van der Waals surface area contributed by atoms with Crippen molar-refractivity contribution in [2.75, 3.05) is 0 Å².